The van der Waals surface area contributed by atoms with Gasteiger partial charge in [-0.05, 0) is 41.9 Å². The van der Waals surface area contributed by atoms with Crippen LogP contribution in [0.2, 0.25) is 0 Å². The third-order valence-electron chi connectivity index (χ3n) is 2.68. The number of rotatable bonds is 14. The van der Waals surface area contributed by atoms with E-state index in [2.05, 4.69) is 32.7 Å². The number of aliphatic carboxylic acids is 1. The van der Waals surface area contributed by atoms with Crippen LogP contribution in [0.25, 0.3) is 0 Å². The van der Waals surface area contributed by atoms with Crippen LogP contribution in [0.15, 0.2) is 0 Å². The van der Waals surface area contributed by atoms with Gasteiger partial charge in [-0.3, -0.25) is 15.3 Å². The highest BCUT2D eigenvalue weighted by Gasteiger charge is 2.22. The Hall–Kier alpha value is -0.870. The molecule has 0 aliphatic carbocycles. The van der Waals surface area contributed by atoms with Gasteiger partial charge in [-0.1, -0.05) is 22.6 Å². The SMILES string of the molecule is O=C(NC(CSC(=O)OCCCCI)C(=O)O)OCCCCON(O)O. The monoisotopic (exact) mass is 510 g/mol. The zero-order chi connectivity index (χ0) is 19.8. The Balaban J connectivity index is 3.94. The average molecular weight is 510 g/mol. The molecular weight excluding hydrogens is 487 g/mol. The molecule has 0 aliphatic heterocycles. The van der Waals surface area contributed by atoms with Gasteiger partial charge in [0.25, 0.3) is 0 Å². The van der Waals surface area contributed by atoms with Gasteiger partial charge < -0.3 is 19.9 Å². The summed E-state index contributed by atoms with van der Waals surface area (Å²) < 4.78 is 10.7. The topological polar surface area (TPSA) is 155 Å². The third kappa shape index (κ3) is 15.4. The van der Waals surface area contributed by atoms with Gasteiger partial charge in [-0.15, -0.1) is 0 Å². The minimum atomic E-state index is -1.30. The van der Waals surface area contributed by atoms with Crippen LogP contribution in [0.3, 0.4) is 0 Å². The summed E-state index contributed by atoms with van der Waals surface area (Å²) in [7, 11) is 0. The number of amides is 1. The number of alkyl halides is 1. The maximum atomic E-state index is 11.5. The second kappa shape index (κ2) is 16.3. The lowest BCUT2D eigenvalue weighted by molar-refractivity contribution is -0.492. The molecule has 13 heteroatoms. The number of carboxylic acids is 1. The molecule has 1 atom stereocenters. The van der Waals surface area contributed by atoms with Gasteiger partial charge in [-0.25, -0.2) is 14.4 Å². The van der Waals surface area contributed by atoms with Crippen LogP contribution < -0.4 is 5.32 Å². The first-order valence-electron chi connectivity index (χ1n) is 7.69. The first-order chi connectivity index (χ1) is 12.4. The minimum Gasteiger partial charge on any atom is -0.480 e. The molecule has 0 bridgehead atoms. The van der Waals surface area contributed by atoms with Crippen LogP contribution in [0.4, 0.5) is 9.59 Å². The van der Waals surface area contributed by atoms with Crippen molar-refractivity contribution in [1.29, 1.82) is 0 Å². The molecule has 0 aromatic heterocycles. The summed E-state index contributed by atoms with van der Waals surface area (Å²) in [5.41, 5.74) is 0. The maximum absolute atomic E-state index is 11.5. The highest BCUT2D eigenvalue weighted by Crippen LogP contribution is 2.09. The third-order valence-corrected chi connectivity index (χ3v) is 4.30. The van der Waals surface area contributed by atoms with E-state index in [-0.39, 0.29) is 25.6 Å². The van der Waals surface area contributed by atoms with Gasteiger partial charge in [0.15, 0.2) is 0 Å². The Bertz CT molecular complexity index is 428. The lowest BCUT2D eigenvalue weighted by Crippen LogP contribution is -2.43. The van der Waals surface area contributed by atoms with Gasteiger partial charge >= 0.3 is 17.4 Å². The van der Waals surface area contributed by atoms with Crippen molar-refractivity contribution >= 4 is 51.7 Å². The first-order valence-corrected chi connectivity index (χ1v) is 10.2. The first kappa shape index (κ1) is 25.1. The number of thioether (sulfide) groups is 1. The fourth-order valence-electron chi connectivity index (χ4n) is 1.42. The number of hydrogen-bond acceptors (Lipinski definition) is 10. The fourth-order valence-corrected chi connectivity index (χ4v) is 2.65. The molecule has 0 fully saturated rings. The van der Waals surface area contributed by atoms with Crippen LogP contribution >= 0.6 is 34.4 Å². The summed E-state index contributed by atoms with van der Waals surface area (Å²) in [5, 5.41) is 26.8. The number of nitrogens with zero attached hydrogens (tertiary/aromatic N) is 1. The highest BCUT2D eigenvalue weighted by molar-refractivity contribution is 14.1. The second-order valence-corrected chi connectivity index (χ2v) is 6.80. The molecule has 4 N–H and O–H groups in total. The molecule has 0 rings (SSSR count). The molecule has 152 valence electrons. The number of halogens is 1. The largest absolute Gasteiger partial charge is 0.480 e. The van der Waals surface area contributed by atoms with Crippen LogP contribution in [-0.2, 0) is 19.1 Å². The molecule has 0 aliphatic rings. The van der Waals surface area contributed by atoms with Crippen LogP contribution in [0.5, 0.6) is 0 Å². The van der Waals surface area contributed by atoms with Crippen LogP contribution in [-0.4, -0.2) is 74.3 Å². The van der Waals surface area contributed by atoms with E-state index in [0.717, 1.165) is 17.3 Å². The zero-order valence-electron chi connectivity index (χ0n) is 14.0. The number of hydrogen-bond donors (Lipinski definition) is 4. The Morgan fingerprint density at radius 2 is 1.65 bits per heavy atom. The number of carbonyl (C=O) groups is 3. The number of alkyl carbamates (subject to hydrolysis) is 1. The molecule has 0 saturated carbocycles. The summed E-state index contributed by atoms with van der Waals surface area (Å²) in [5.74, 6) is -1.49. The summed E-state index contributed by atoms with van der Waals surface area (Å²) in [6, 6.07) is -1.30. The van der Waals surface area contributed by atoms with Crippen LogP contribution in [0, 0.1) is 0 Å². The quantitative estimate of drug-likeness (QED) is 0.0892. The van der Waals surface area contributed by atoms with Crippen molar-refractivity contribution in [3.05, 3.63) is 0 Å². The molecule has 11 nitrogen and oxygen atoms in total. The molecule has 0 aromatic carbocycles. The number of ether oxygens (including phenoxy) is 2. The van der Waals surface area contributed by atoms with Crippen molar-refractivity contribution < 1.29 is 44.2 Å². The fraction of sp³-hybridized carbons (Fsp3) is 0.769. The number of carboxylic acid groups (broad SMARTS) is 1. The summed E-state index contributed by atoms with van der Waals surface area (Å²) >= 11 is 2.88. The standard InChI is InChI=1S/C13H23IN2O9S/c14-5-1-2-7-24-13(20)26-9-10(11(17)18)15-12(19)23-6-3-4-8-25-16(21)22/h10,21-22H,1-9H2,(H,15,19)(H,17,18). The molecule has 1 unspecified atom stereocenters. The number of unbranched alkanes of at least 4 members (excludes halogenated alkanes) is 2. The van der Waals surface area contributed by atoms with Gasteiger partial charge in [0.1, 0.15) is 6.04 Å². The smallest absolute Gasteiger partial charge is 0.407 e. The summed E-state index contributed by atoms with van der Waals surface area (Å²) in [4.78, 5) is 38.5. The van der Waals surface area contributed by atoms with Crippen LogP contribution in [0.1, 0.15) is 25.7 Å². The van der Waals surface area contributed by atoms with Gasteiger partial charge in [0.2, 0.25) is 0 Å². The van der Waals surface area contributed by atoms with Crippen molar-refractivity contribution in [3.63, 3.8) is 0 Å². The average Bonchev–Trinajstić information content (AvgIpc) is 2.58. The predicted molar refractivity (Wildman–Crippen MR) is 98.4 cm³/mol. The second-order valence-electron chi connectivity index (χ2n) is 4.77. The molecule has 0 saturated heterocycles. The minimum absolute atomic E-state index is 0.00627. The molecular formula is C13H23IN2O9S. The van der Waals surface area contributed by atoms with E-state index >= 15 is 0 Å². The Morgan fingerprint density at radius 3 is 2.27 bits per heavy atom. The maximum Gasteiger partial charge on any atom is 0.407 e. The molecule has 0 spiro atoms. The van der Waals surface area contributed by atoms with Gasteiger partial charge in [0, 0.05) is 5.75 Å². The lowest BCUT2D eigenvalue weighted by Gasteiger charge is -2.14. The Labute approximate surface area is 168 Å². The molecule has 0 heterocycles. The lowest BCUT2D eigenvalue weighted by atomic mass is 10.3. The number of nitrogens with one attached hydrogen (secondary N) is 1. The van der Waals surface area contributed by atoms with Crippen molar-refractivity contribution in [3.8, 4) is 0 Å². The van der Waals surface area contributed by atoms with E-state index in [4.69, 9.17) is 25.0 Å². The van der Waals surface area contributed by atoms with Crippen molar-refractivity contribution in [2.45, 2.75) is 31.7 Å². The molecule has 26 heavy (non-hydrogen) atoms. The summed E-state index contributed by atoms with van der Waals surface area (Å²) in [6.45, 7) is 0.271. The van der Waals surface area contributed by atoms with E-state index in [1.807, 2.05) is 0 Å². The van der Waals surface area contributed by atoms with Crippen molar-refractivity contribution in [2.24, 2.45) is 0 Å². The van der Waals surface area contributed by atoms with E-state index in [1.165, 1.54) is 0 Å². The van der Waals surface area contributed by atoms with E-state index in [1.54, 1.807) is 0 Å². The molecule has 0 radical (unpaired) electrons. The Kier molecular flexibility index (Phi) is 15.8. The van der Waals surface area contributed by atoms with E-state index in [0.29, 0.717) is 24.6 Å². The molecule has 1 amide bonds. The number of carbonyl (C=O) groups excluding carboxylic acids is 2. The van der Waals surface area contributed by atoms with Gasteiger partial charge in [-0.2, -0.15) is 0 Å². The Morgan fingerprint density at radius 1 is 1.04 bits per heavy atom. The highest BCUT2D eigenvalue weighted by atomic mass is 127. The van der Waals surface area contributed by atoms with E-state index < -0.39 is 28.8 Å². The normalized spacial score (nSPS) is 11.8. The predicted octanol–water partition coefficient (Wildman–Crippen LogP) is 2.04. The molecule has 0 aromatic rings. The summed E-state index contributed by atoms with van der Waals surface area (Å²) in [6.07, 6.45) is 1.49. The van der Waals surface area contributed by atoms with E-state index in [9.17, 15) is 14.4 Å². The van der Waals surface area contributed by atoms with Crippen molar-refractivity contribution in [2.75, 3.05) is 30.0 Å². The zero-order valence-corrected chi connectivity index (χ0v) is 16.9. The van der Waals surface area contributed by atoms with Crippen molar-refractivity contribution in [1.82, 2.24) is 10.7 Å². The van der Waals surface area contributed by atoms with Gasteiger partial charge in [0.05, 0.1) is 25.2 Å².